The molecule has 2 saturated carbocycles. The second-order valence-electron chi connectivity index (χ2n) is 21.4. The molecule has 2 fully saturated rings. The van der Waals surface area contributed by atoms with Crippen LogP contribution in [0.4, 0.5) is 0 Å². The van der Waals surface area contributed by atoms with Gasteiger partial charge < -0.3 is 18.7 Å². The summed E-state index contributed by atoms with van der Waals surface area (Å²) in [6.45, 7) is 24.3. The summed E-state index contributed by atoms with van der Waals surface area (Å²) in [6.07, 6.45) is 4.89. The van der Waals surface area contributed by atoms with Gasteiger partial charge in [-0.1, -0.05) is 191 Å². The van der Waals surface area contributed by atoms with Gasteiger partial charge in [0.05, 0.1) is 17.2 Å². The van der Waals surface area contributed by atoms with Gasteiger partial charge >= 0.3 is 0 Å². The van der Waals surface area contributed by atoms with Crippen molar-refractivity contribution in [2.45, 2.75) is 130 Å². The van der Waals surface area contributed by atoms with Crippen LogP contribution in [0.5, 0.6) is 11.5 Å². The first-order valence-corrected chi connectivity index (χ1v) is 27.2. The first-order chi connectivity index (χ1) is 28.8. The van der Waals surface area contributed by atoms with E-state index in [4.69, 9.17) is 13.6 Å². The maximum Gasteiger partial charge on any atom is 0.261 e. The average molecular weight is 916 g/mol. The van der Waals surface area contributed by atoms with E-state index in [1.807, 2.05) is 0 Å². The Balaban J connectivity index is 1.14. The van der Waals surface area contributed by atoms with Crippen LogP contribution in [-0.2, 0) is 21.9 Å². The SMILES string of the molecule is C[C@@H]1CC[C@H]2C(C)(C)[C@@H](O[Si](c3ccccc3)(c3ccccc3)C(C)(C)C)CC[C@]2(C)[C@@]12Cc1c(cc(CO[Si](c3ccccc3)(c3ccccc3)C(C)(C)C)c(Br)c1O)O2. The van der Waals surface area contributed by atoms with Crippen molar-refractivity contribution in [1.29, 1.82) is 0 Å². The first-order valence-electron chi connectivity index (χ1n) is 22.6. The van der Waals surface area contributed by atoms with Crippen LogP contribution < -0.4 is 25.5 Å². The van der Waals surface area contributed by atoms with E-state index in [1.54, 1.807) is 0 Å². The fourth-order valence-corrected chi connectivity index (χ4v) is 22.5. The molecular weight excluding hydrogens is 849 g/mol. The topological polar surface area (TPSA) is 47.9 Å². The zero-order valence-electron chi connectivity index (χ0n) is 38.1. The number of fused-ring (bicyclic) bond motifs is 3. The quantitative estimate of drug-likeness (QED) is 0.150. The fourth-order valence-electron chi connectivity index (χ4n) is 12.7. The van der Waals surface area contributed by atoms with Crippen LogP contribution in [-0.4, -0.2) is 33.4 Å². The summed E-state index contributed by atoms with van der Waals surface area (Å²) in [7, 11) is -5.62. The lowest BCUT2D eigenvalue weighted by Crippen LogP contribution is -2.71. The van der Waals surface area contributed by atoms with Crippen LogP contribution >= 0.6 is 15.9 Å². The van der Waals surface area contributed by atoms with Crippen molar-refractivity contribution in [2.24, 2.45) is 22.7 Å². The highest BCUT2D eigenvalue weighted by molar-refractivity contribution is 9.10. The number of benzene rings is 5. The predicted molar refractivity (Wildman–Crippen MR) is 261 cm³/mol. The predicted octanol–water partition coefficient (Wildman–Crippen LogP) is 11.7. The van der Waals surface area contributed by atoms with Crippen LogP contribution in [0.3, 0.4) is 0 Å². The summed E-state index contributed by atoms with van der Waals surface area (Å²) in [5, 5.41) is 17.0. The molecule has 0 radical (unpaired) electrons. The number of hydrogen-bond acceptors (Lipinski definition) is 4. The normalized spacial score (nSPS) is 25.1. The molecule has 5 aromatic rings. The molecule has 0 amide bonds. The van der Waals surface area contributed by atoms with Crippen LogP contribution in [0.2, 0.25) is 10.1 Å². The van der Waals surface area contributed by atoms with Gasteiger partial charge in [0.15, 0.2) is 0 Å². The van der Waals surface area contributed by atoms with Gasteiger partial charge in [-0.2, -0.15) is 0 Å². The van der Waals surface area contributed by atoms with Crippen LogP contribution in [0.15, 0.2) is 132 Å². The molecule has 5 aromatic carbocycles. The summed E-state index contributed by atoms with van der Waals surface area (Å²) in [5.74, 6) is 1.75. The van der Waals surface area contributed by atoms with Gasteiger partial charge in [-0.15, -0.1) is 0 Å². The monoisotopic (exact) mass is 914 g/mol. The highest BCUT2D eigenvalue weighted by atomic mass is 79.9. The Labute approximate surface area is 376 Å². The second kappa shape index (κ2) is 16.0. The van der Waals surface area contributed by atoms with Crippen molar-refractivity contribution in [1.82, 2.24) is 0 Å². The van der Waals surface area contributed by atoms with E-state index in [2.05, 4.69) is 213 Å². The summed E-state index contributed by atoms with van der Waals surface area (Å²) >= 11 is 3.90. The molecule has 322 valence electrons. The van der Waals surface area contributed by atoms with Gasteiger partial charge in [-0.05, 0) is 101 Å². The smallest absolute Gasteiger partial charge is 0.261 e. The minimum atomic E-state index is -2.83. The molecule has 7 heteroatoms. The largest absolute Gasteiger partial charge is 0.506 e. The van der Waals surface area contributed by atoms with Crippen LogP contribution in [0, 0.1) is 22.7 Å². The molecule has 0 aromatic heterocycles. The summed E-state index contributed by atoms with van der Waals surface area (Å²) < 4.78 is 23.6. The summed E-state index contributed by atoms with van der Waals surface area (Å²) in [6, 6.07) is 45.9. The van der Waals surface area contributed by atoms with E-state index >= 15 is 0 Å². The molecule has 1 heterocycles. The number of phenols is 1. The molecule has 0 saturated heterocycles. The van der Waals surface area contributed by atoms with Crippen molar-refractivity contribution in [2.75, 3.05) is 0 Å². The molecule has 4 nitrogen and oxygen atoms in total. The average Bonchev–Trinajstić information content (AvgIpc) is 3.63. The minimum absolute atomic E-state index is 0.0684. The molecule has 61 heavy (non-hydrogen) atoms. The molecule has 3 aliphatic rings. The van der Waals surface area contributed by atoms with E-state index in [9.17, 15) is 5.11 Å². The maximum atomic E-state index is 12.2. The number of halogens is 1. The van der Waals surface area contributed by atoms with Crippen LogP contribution in [0.1, 0.15) is 106 Å². The Morgan fingerprint density at radius 3 is 1.61 bits per heavy atom. The third-order valence-electron chi connectivity index (χ3n) is 15.8. The molecule has 2 aliphatic carbocycles. The van der Waals surface area contributed by atoms with Crippen molar-refractivity contribution < 1.29 is 18.7 Å². The summed E-state index contributed by atoms with van der Waals surface area (Å²) in [5.41, 5.74) is 1.07. The van der Waals surface area contributed by atoms with Crippen molar-refractivity contribution in [3.05, 3.63) is 143 Å². The van der Waals surface area contributed by atoms with E-state index in [0.29, 0.717) is 29.3 Å². The number of rotatable bonds is 9. The number of hydrogen-bond donors (Lipinski definition) is 1. The Morgan fingerprint density at radius 1 is 0.689 bits per heavy atom. The molecule has 5 atom stereocenters. The van der Waals surface area contributed by atoms with Gasteiger partial charge in [0, 0.05) is 17.4 Å². The Morgan fingerprint density at radius 2 is 1.15 bits per heavy atom. The van der Waals surface area contributed by atoms with Gasteiger partial charge in [0.1, 0.15) is 17.1 Å². The molecule has 0 unspecified atom stereocenters. The Bertz CT molecular complexity index is 2240. The third kappa shape index (κ3) is 6.95. The van der Waals surface area contributed by atoms with Crippen molar-refractivity contribution in [3.63, 3.8) is 0 Å². The molecule has 1 N–H and O–H groups in total. The fraction of sp³-hybridized carbons (Fsp3) is 0.444. The van der Waals surface area contributed by atoms with E-state index in [1.165, 1.54) is 20.7 Å². The maximum absolute atomic E-state index is 12.2. The van der Waals surface area contributed by atoms with E-state index in [0.717, 1.165) is 42.6 Å². The van der Waals surface area contributed by atoms with Crippen molar-refractivity contribution >= 4 is 53.3 Å². The zero-order valence-corrected chi connectivity index (χ0v) is 41.7. The van der Waals surface area contributed by atoms with E-state index < -0.39 is 22.2 Å². The number of ether oxygens (including phenoxy) is 1. The Kier molecular flexibility index (Phi) is 11.5. The number of aromatic hydroxyl groups is 1. The molecule has 0 bridgehead atoms. The molecule has 1 spiro atoms. The minimum Gasteiger partial charge on any atom is -0.506 e. The summed E-state index contributed by atoms with van der Waals surface area (Å²) in [4.78, 5) is 0. The number of phenolic OH excluding ortho intramolecular Hbond substituents is 1. The molecule has 8 rings (SSSR count). The lowest BCUT2D eigenvalue weighted by Gasteiger charge is -2.65. The Hall–Kier alpha value is -3.47. The molecular formula is C54H67BrO4Si2. The second-order valence-corrected chi connectivity index (χ2v) is 30.7. The zero-order chi connectivity index (χ0) is 43.6. The van der Waals surface area contributed by atoms with E-state index in [-0.39, 0.29) is 32.8 Å². The lowest BCUT2D eigenvalue weighted by atomic mass is 9.43. The highest BCUT2D eigenvalue weighted by Crippen LogP contribution is 2.67. The van der Waals surface area contributed by atoms with Crippen LogP contribution in [0.25, 0.3) is 0 Å². The standard InChI is InChI=1S/C54H67BrO4Si2/c1-38-31-32-46-52(8,9)47(59-61(51(5,6)7,42-27-19-13-20-28-42)43-29-21-14-22-30-43)33-34-53(46,10)54(38)36-44-45(58-54)35-39(48(55)49(44)56)37-57-60(50(2,3)4,40-23-15-11-16-24-40)41-25-17-12-18-26-41/h11-30,35,38,46-47,56H,31-34,36-37H2,1-10H3/t38-,46+,47+,53+,54-/m1/s1. The first kappa shape index (κ1) is 44.2. The van der Waals surface area contributed by atoms with Gasteiger partial charge in [0.25, 0.3) is 16.6 Å². The lowest BCUT2D eigenvalue weighted by molar-refractivity contribution is -0.207. The van der Waals surface area contributed by atoms with Gasteiger partial charge in [-0.25, -0.2) is 0 Å². The van der Waals surface area contributed by atoms with Gasteiger partial charge in [0.2, 0.25) is 0 Å². The van der Waals surface area contributed by atoms with Gasteiger partial charge in [-0.3, -0.25) is 0 Å². The highest BCUT2D eigenvalue weighted by Gasteiger charge is 2.68. The molecule has 1 aliphatic heterocycles. The van der Waals surface area contributed by atoms with Crippen molar-refractivity contribution in [3.8, 4) is 11.5 Å². The third-order valence-corrected chi connectivity index (χ3v) is 26.7.